The molecule has 0 aliphatic carbocycles. The zero-order chi connectivity index (χ0) is 20.1. The summed E-state index contributed by atoms with van der Waals surface area (Å²) < 4.78 is 28.2. The molecule has 0 spiro atoms. The lowest BCUT2D eigenvalue weighted by atomic mass is 9.81. The molecule has 1 N–H and O–H groups in total. The van der Waals surface area contributed by atoms with Gasteiger partial charge in [0.15, 0.2) is 23.0 Å². The van der Waals surface area contributed by atoms with E-state index in [9.17, 15) is 5.11 Å². The van der Waals surface area contributed by atoms with Crippen LogP contribution in [0.2, 0.25) is 0 Å². The number of benzene rings is 2. The molecule has 1 unspecified atom stereocenters. The quantitative estimate of drug-likeness (QED) is 0.847. The van der Waals surface area contributed by atoms with Gasteiger partial charge in [0.25, 0.3) is 0 Å². The van der Waals surface area contributed by atoms with Gasteiger partial charge in [-0.1, -0.05) is 0 Å². The molecule has 0 saturated carbocycles. The summed E-state index contributed by atoms with van der Waals surface area (Å²) in [5.41, 5.74) is 5.53. The van der Waals surface area contributed by atoms with Crippen LogP contribution in [0, 0.1) is 0 Å². The van der Waals surface area contributed by atoms with Crippen LogP contribution in [0.15, 0.2) is 12.1 Å². The molecule has 2 aromatic carbocycles. The van der Waals surface area contributed by atoms with Gasteiger partial charge in [-0.3, -0.25) is 4.90 Å². The fraction of sp³-hybridized carbons (Fsp3) is 0.455. The highest BCUT2D eigenvalue weighted by atomic mass is 16.7. The third-order valence-electron chi connectivity index (χ3n) is 6.30. The van der Waals surface area contributed by atoms with E-state index in [0.29, 0.717) is 17.2 Å². The van der Waals surface area contributed by atoms with Gasteiger partial charge >= 0.3 is 0 Å². The number of nitrogens with zero attached hydrogens (tertiary/aromatic N) is 1. The lowest BCUT2D eigenvalue weighted by molar-refractivity contribution is 0.152. The summed E-state index contributed by atoms with van der Waals surface area (Å²) in [5, 5.41) is 10.1. The topological polar surface area (TPSA) is 69.6 Å². The first-order valence-electron chi connectivity index (χ1n) is 9.80. The summed E-state index contributed by atoms with van der Waals surface area (Å²) in [6.07, 6.45) is 1.71. The second-order valence-electron chi connectivity index (χ2n) is 7.54. The third kappa shape index (κ3) is 2.64. The molecular formula is C22H25NO6. The second-order valence-corrected chi connectivity index (χ2v) is 7.54. The molecule has 7 heteroatoms. The number of fused-ring (bicyclic) bond motifs is 5. The van der Waals surface area contributed by atoms with Gasteiger partial charge < -0.3 is 28.8 Å². The Labute approximate surface area is 169 Å². The summed E-state index contributed by atoms with van der Waals surface area (Å²) >= 11 is 0. The molecule has 2 aromatic rings. The number of hydrogen-bond acceptors (Lipinski definition) is 7. The van der Waals surface area contributed by atoms with Crippen LogP contribution in [0.3, 0.4) is 0 Å². The second kappa shape index (κ2) is 7.00. The Kier molecular flexibility index (Phi) is 4.44. The van der Waals surface area contributed by atoms with Crippen molar-refractivity contribution in [2.75, 3.05) is 34.7 Å². The van der Waals surface area contributed by atoms with Crippen molar-refractivity contribution in [3.05, 3.63) is 39.9 Å². The fourth-order valence-corrected chi connectivity index (χ4v) is 5.00. The maximum atomic E-state index is 10.1. The van der Waals surface area contributed by atoms with Crippen molar-refractivity contribution in [3.8, 4) is 28.7 Å². The van der Waals surface area contributed by atoms with Crippen molar-refractivity contribution in [1.82, 2.24) is 4.90 Å². The van der Waals surface area contributed by atoms with E-state index in [2.05, 4.69) is 11.0 Å². The fourth-order valence-electron chi connectivity index (χ4n) is 5.00. The molecule has 0 radical (unpaired) electrons. The zero-order valence-electron chi connectivity index (χ0n) is 16.9. The van der Waals surface area contributed by atoms with Crippen molar-refractivity contribution in [3.63, 3.8) is 0 Å². The summed E-state index contributed by atoms with van der Waals surface area (Å²) in [6, 6.07) is 4.31. The highest BCUT2D eigenvalue weighted by molar-refractivity contribution is 5.63. The standard InChI is InChI=1S/C22H25NO6/c1-25-17-8-13-6-16-19-12(7-18-21(22(19)27-3)29-11-28-18)4-5-23(16)9-14(13)15(10-24)20(17)26-2/h7-8,16,24H,4-6,9-11H2,1-3H3. The van der Waals surface area contributed by atoms with Crippen LogP contribution in [-0.2, 0) is 26.0 Å². The molecule has 154 valence electrons. The van der Waals surface area contributed by atoms with Crippen LogP contribution < -0.4 is 23.7 Å². The normalized spacial score (nSPS) is 19.2. The number of methoxy groups -OCH3 is 3. The minimum Gasteiger partial charge on any atom is -0.493 e. The van der Waals surface area contributed by atoms with E-state index in [1.54, 1.807) is 21.3 Å². The molecule has 0 saturated heterocycles. The van der Waals surface area contributed by atoms with Crippen molar-refractivity contribution in [2.45, 2.75) is 32.0 Å². The first-order valence-corrected chi connectivity index (χ1v) is 9.80. The van der Waals surface area contributed by atoms with Gasteiger partial charge in [0.05, 0.1) is 27.9 Å². The van der Waals surface area contributed by atoms with Crippen molar-refractivity contribution < 1.29 is 28.8 Å². The van der Waals surface area contributed by atoms with E-state index in [-0.39, 0.29) is 19.4 Å². The highest BCUT2D eigenvalue weighted by Gasteiger charge is 2.39. The number of hydrogen-bond donors (Lipinski definition) is 1. The van der Waals surface area contributed by atoms with Gasteiger partial charge in [-0.2, -0.15) is 0 Å². The van der Waals surface area contributed by atoms with E-state index in [0.717, 1.165) is 48.6 Å². The van der Waals surface area contributed by atoms with Crippen molar-refractivity contribution >= 4 is 0 Å². The lowest BCUT2D eigenvalue weighted by Gasteiger charge is -2.42. The average molecular weight is 399 g/mol. The van der Waals surface area contributed by atoms with Gasteiger partial charge in [0, 0.05) is 30.3 Å². The maximum Gasteiger partial charge on any atom is 0.231 e. The first kappa shape index (κ1) is 18.4. The maximum absolute atomic E-state index is 10.1. The Morgan fingerprint density at radius 2 is 1.90 bits per heavy atom. The molecule has 3 aliphatic rings. The predicted octanol–water partition coefficient (Wildman–Crippen LogP) is 2.59. The van der Waals surface area contributed by atoms with Crippen LogP contribution in [0.5, 0.6) is 28.7 Å². The van der Waals surface area contributed by atoms with E-state index >= 15 is 0 Å². The van der Waals surface area contributed by atoms with Crippen LogP contribution in [-0.4, -0.2) is 44.7 Å². The smallest absolute Gasteiger partial charge is 0.231 e. The average Bonchev–Trinajstić information content (AvgIpc) is 3.22. The minimum absolute atomic E-state index is 0.0835. The number of aliphatic hydroxyl groups excluding tert-OH is 1. The molecule has 7 nitrogen and oxygen atoms in total. The van der Waals surface area contributed by atoms with Crippen LogP contribution >= 0.6 is 0 Å². The van der Waals surface area contributed by atoms with Gasteiger partial charge in [0.2, 0.25) is 12.5 Å². The SMILES string of the molecule is COc1cc2c(c(CO)c1OC)CN1CCc3cc4c(c(OC)c3C1C2)OCO4. The first-order chi connectivity index (χ1) is 14.2. The van der Waals surface area contributed by atoms with Gasteiger partial charge in [0.1, 0.15) is 0 Å². The van der Waals surface area contributed by atoms with Gasteiger partial charge in [-0.15, -0.1) is 0 Å². The largest absolute Gasteiger partial charge is 0.493 e. The summed E-state index contributed by atoms with van der Waals surface area (Å²) in [6.45, 7) is 1.81. The highest BCUT2D eigenvalue weighted by Crippen LogP contribution is 2.52. The molecule has 5 rings (SSSR count). The minimum atomic E-state index is -0.0835. The third-order valence-corrected chi connectivity index (χ3v) is 6.30. The molecule has 1 atom stereocenters. The number of ether oxygens (including phenoxy) is 5. The van der Waals surface area contributed by atoms with Crippen LogP contribution in [0.4, 0.5) is 0 Å². The van der Waals surface area contributed by atoms with E-state index in [1.807, 2.05) is 6.07 Å². The number of rotatable bonds is 4. The molecule has 0 bridgehead atoms. The molecule has 0 aromatic heterocycles. The molecule has 0 fully saturated rings. The Morgan fingerprint density at radius 1 is 1.07 bits per heavy atom. The Bertz CT molecular complexity index is 973. The zero-order valence-corrected chi connectivity index (χ0v) is 16.9. The lowest BCUT2D eigenvalue weighted by Crippen LogP contribution is -2.40. The molecule has 3 heterocycles. The number of aliphatic hydroxyl groups is 1. The van der Waals surface area contributed by atoms with E-state index in [4.69, 9.17) is 23.7 Å². The molecule has 0 amide bonds. The summed E-state index contributed by atoms with van der Waals surface area (Å²) in [7, 11) is 4.92. The molecular weight excluding hydrogens is 374 g/mol. The Hall–Kier alpha value is -2.64. The molecule has 3 aliphatic heterocycles. The predicted molar refractivity (Wildman–Crippen MR) is 105 cm³/mol. The van der Waals surface area contributed by atoms with E-state index < -0.39 is 0 Å². The van der Waals surface area contributed by atoms with Crippen molar-refractivity contribution in [1.29, 1.82) is 0 Å². The van der Waals surface area contributed by atoms with Crippen molar-refractivity contribution in [2.24, 2.45) is 0 Å². The van der Waals surface area contributed by atoms with Gasteiger partial charge in [-0.05, 0) is 41.7 Å². The van der Waals surface area contributed by atoms with Gasteiger partial charge in [-0.25, -0.2) is 0 Å². The Balaban J connectivity index is 1.64. The Morgan fingerprint density at radius 3 is 2.62 bits per heavy atom. The summed E-state index contributed by atoms with van der Waals surface area (Å²) in [4.78, 5) is 2.44. The van der Waals surface area contributed by atoms with Crippen LogP contribution in [0.25, 0.3) is 0 Å². The van der Waals surface area contributed by atoms with E-state index in [1.165, 1.54) is 16.7 Å². The summed E-state index contributed by atoms with van der Waals surface area (Å²) in [5.74, 6) is 3.50. The van der Waals surface area contributed by atoms with Crippen LogP contribution in [0.1, 0.15) is 33.9 Å². The molecule has 29 heavy (non-hydrogen) atoms. The monoisotopic (exact) mass is 399 g/mol.